The standard InChI is InChI=1S/C34H34N2O4/c1-25(37)40-31-16-8-10-26(24-31)11-9-22-36(34(39)30-19-17-29(18-20-30)33(35)38)23-21-32(27-12-4-2-5-13-27)28-14-6-3-7-15-28/h2-8,10,12-20,24,32H,9,11,21-23H2,1H3,(H2,35,38). The Bertz CT molecular complexity index is 1380. The lowest BCUT2D eigenvalue weighted by atomic mass is 9.88. The van der Waals surface area contributed by atoms with Crippen molar-refractivity contribution in [3.05, 3.63) is 137 Å². The van der Waals surface area contributed by atoms with Crippen molar-refractivity contribution in [2.24, 2.45) is 5.73 Å². The zero-order chi connectivity index (χ0) is 28.3. The molecule has 0 aromatic heterocycles. The van der Waals surface area contributed by atoms with Gasteiger partial charge in [-0.2, -0.15) is 0 Å². The highest BCUT2D eigenvalue weighted by Gasteiger charge is 2.20. The highest BCUT2D eigenvalue weighted by molar-refractivity contribution is 5.97. The number of aryl methyl sites for hydroxylation is 1. The van der Waals surface area contributed by atoms with E-state index in [1.54, 1.807) is 30.3 Å². The molecule has 4 aromatic carbocycles. The molecule has 4 rings (SSSR count). The van der Waals surface area contributed by atoms with Gasteiger partial charge in [-0.1, -0.05) is 72.8 Å². The summed E-state index contributed by atoms with van der Waals surface area (Å²) in [4.78, 5) is 38.4. The number of hydrogen-bond acceptors (Lipinski definition) is 4. The summed E-state index contributed by atoms with van der Waals surface area (Å²) >= 11 is 0. The number of esters is 1. The molecule has 0 heterocycles. The van der Waals surface area contributed by atoms with Crippen LogP contribution in [0.3, 0.4) is 0 Å². The molecule has 0 fully saturated rings. The molecule has 0 saturated carbocycles. The van der Waals surface area contributed by atoms with Crippen LogP contribution in [0.25, 0.3) is 0 Å². The third kappa shape index (κ3) is 7.90. The van der Waals surface area contributed by atoms with Gasteiger partial charge in [-0.15, -0.1) is 0 Å². The van der Waals surface area contributed by atoms with Gasteiger partial charge in [-0.25, -0.2) is 0 Å². The van der Waals surface area contributed by atoms with Crippen molar-refractivity contribution < 1.29 is 19.1 Å². The Morgan fingerprint density at radius 3 is 1.93 bits per heavy atom. The van der Waals surface area contributed by atoms with Crippen LogP contribution in [0, 0.1) is 0 Å². The maximum Gasteiger partial charge on any atom is 0.308 e. The molecule has 0 aliphatic rings. The van der Waals surface area contributed by atoms with Crippen LogP contribution in [0.1, 0.15) is 63.1 Å². The minimum absolute atomic E-state index is 0.0930. The second kappa shape index (κ2) is 13.9. The molecule has 6 heteroatoms. The Hall–Kier alpha value is -4.71. The fourth-order valence-electron chi connectivity index (χ4n) is 4.86. The van der Waals surface area contributed by atoms with Crippen molar-refractivity contribution >= 4 is 17.8 Å². The number of nitrogens with zero attached hydrogens (tertiary/aromatic N) is 1. The van der Waals surface area contributed by atoms with Gasteiger partial charge in [0.05, 0.1) is 0 Å². The highest BCUT2D eigenvalue weighted by atomic mass is 16.5. The molecule has 0 radical (unpaired) electrons. The van der Waals surface area contributed by atoms with E-state index >= 15 is 0 Å². The first-order valence-electron chi connectivity index (χ1n) is 13.5. The first-order chi connectivity index (χ1) is 19.4. The van der Waals surface area contributed by atoms with E-state index in [1.807, 2.05) is 59.5 Å². The van der Waals surface area contributed by atoms with E-state index in [1.165, 1.54) is 18.1 Å². The number of amides is 2. The molecule has 0 unspecified atom stereocenters. The summed E-state index contributed by atoms with van der Waals surface area (Å²) in [7, 11) is 0. The SMILES string of the molecule is CC(=O)Oc1cccc(CCCN(CCC(c2ccccc2)c2ccccc2)C(=O)c2ccc(C(N)=O)cc2)c1. The van der Waals surface area contributed by atoms with Crippen molar-refractivity contribution in [1.29, 1.82) is 0 Å². The first kappa shape index (κ1) is 28.3. The molecule has 0 aliphatic carbocycles. The summed E-state index contributed by atoms with van der Waals surface area (Å²) in [5, 5.41) is 0. The summed E-state index contributed by atoms with van der Waals surface area (Å²) in [6.45, 7) is 2.48. The van der Waals surface area contributed by atoms with E-state index in [2.05, 4.69) is 24.3 Å². The Balaban J connectivity index is 1.52. The minimum Gasteiger partial charge on any atom is -0.427 e. The van der Waals surface area contributed by atoms with E-state index in [9.17, 15) is 14.4 Å². The van der Waals surface area contributed by atoms with Gasteiger partial charge < -0.3 is 15.4 Å². The number of carbonyl (C=O) groups excluding carboxylic acids is 3. The fraction of sp³-hybridized carbons (Fsp3) is 0.206. The number of hydrogen-bond donors (Lipinski definition) is 1. The lowest BCUT2D eigenvalue weighted by molar-refractivity contribution is -0.131. The Kier molecular flexibility index (Phi) is 9.83. The minimum atomic E-state index is -0.527. The fourth-order valence-corrected chi connectivity index (χ4v) is 4.86. The summed E-state index contributed by atoms with van der Waals surface area (Å²) in [5.41, 5.74) is 9.70. The lowest BCUT2D eigenvalue weighted by Crippen LogP contribution is -2.34. The maximum absolute atomic E-state index is 13.7. The Labute approximate surface area is 235 Å². The van der Waals surface area contributed by atoms with Gasteiger partial charge >= 0.3 is 5.97 Å². The molecule has 0 aliphatic heterocycles. The summed E-state index contributed by atoms with van der Waals surface area (Å²) in [6, 6.07) is 34.6. The van der Waals surface area contributed by atoms with Crippen molar-refractivity contribution in [3.63, 3.8) is 0 Å². The number of ether oxygens (including phenoxy) is 1. The van der Waals surface area contributed by atoms with Crippen LogP contribution in [0.4, 0.5) is 0 Å². The van der Waals surface area contributed by atoms with E-state index in [0.29, 0.717) is 30.0 Å². The normalized spacial score (nSPS) is 10.8. The molecular formula is C34H34N2O4. The Morgan fingerprint density at radius 2 is 1.35 bits per heavy atom. The third-order valence-corrected chi connectivity index (χ3v) is 6.85. The van der Waals surface area contributed by atoms with Gasteiger partial charge in [-0.3, -0.25) is 14.4 Å². The smallest absolute Gasteiger partial charge is 0.308 e. The lowest BCUT2D eigenvalue weighted by Gasteiger charge is -2.26. The second-order valence-electron chi connectivity index (χ2n) is 9.74. The molecule has 2 N–H and O–H groups in total. The number of benzene rings is 4. The summed E-state index contributed by atoms with van der Waals surface area (Å²) < 4.78 is 5.22. The van der Waals surface area contributed by atoms with Crippen LogP contribution >= 0.6 is 0 Å². The molecule has 0 saturated heterocycles. The van der Waals surface area contributed by atoms with Crippen LogP contribution in [0.2, 0.25) is 0 Å². The molecule has 4 aromatic rings. The molecule has 40 heavy (non-hydrogen) atoms. The predicted molar refractivity (Wildman–Crippen MR) is 156 cm³/mol. The highest BCUT2D eigenvalue weighted by Crippen LogP contribution is 2.28. The predicted octanol–water partition coefficient (Wildman–Crippen LogP) is 6.01. The van der Waals surface area contributed by atoms with Crippen LogP contribution in [0.15, 0.2) is 109 Å². The zero-order valence-corrected chi connectivity index (χ0v) is 22.7. The number of carbonyl (C=O) groups is 3. The molecule has 0 bridgehead atoms. The average molecular weight is 535 g/mol. The van der Waals surface area contributed by atoms with E-state index in [-0.39, 0.29) is 17.8 Å². The third-order valence-electron chi connectivity index (χ3n) is 6.85. The van der Waals surface area contributed by atoms with Gasteiger partial charge in [-0.05, 0) is 72.4 Å². The molecule has 204 valence electrons. The van der Waals surface area contributed by atoms with E-state index in [4.69, 9.17) is 10.5 Å². The molecule has 2 amide bonds. The van der Waals surface area contributed by atoms with Crippen molar-refractivity contribution in [2.45, 2.75) is 32.1 Å². The number of nitrogens with two attached hydrogens (primary N) is 1. The topological polar surface area (TPSA) is 89.7 Å². The number of primary amides is 1. The van der Waals surface area contributed by atoms with Gasteiger partial charge in [0.15, 0.2) is 0 Å². The number of rotatable bonds is 12. The molecule has 6 nitrogen and oxygen atoms in total. The van der Waals surface area contributed by atoms with Crippen LogP contribution in [0.5, 0.6) is 5.75 Å². The van der Waals surface area contributed by atoms with Gasteiger partial charge in [0, 0.05) is 37.1 Å². The van der Waals surface area contributed by atoms with Crippen molar-refractivity contribution in [2.75, 3.05) is 13.1 Å². The largest absolute Gasteiger partial charge is 0.427 e. The van der Waals surface area contributed by atoms with Gasteiger partial charge in [0.1, 0.15) is 5.75 Å². The molecule has 0 spiro atoms. The average Bonchev–Trinajstić information content (AvgIpc) is 2.97. The van der Waals surface area contributed by atoms with Gasteiger partial charge in [0.2, 0.25) is 5.91 Å². The van der Waals surface area contributed by atoms with Crippen LogP contribution in [-0.2, 0) is 11.2 Å². The zero-order valence-electron chi connectivity index (χ0n) is 22.7. The van der Waals surface area contributed by atoms with Crippen molar-refractivity contribution in [3.8, 4) is 5.75 Å². The maximum atomic E-state index is 13.7. The van der Waals surface area contributed by atoms with Crippen LogP contribution < -0.4 is 10.5 Å². The molecular weight excluding hydrogens is 500 g/mol. The van der Waals surface area contributed by atoms with Crippen LogP contribution in [-0.4, -0.2) is 35.8 Å². The van der Waals surface area contributed by atoms with E-state index < -0.39 is 5.91 Å². The van der Waals surface area contributed by atoms with Gasteiger partial charge in [0.25, 0.3) is 5.91 Å². The van der Waals surface area contributed by atoms with E-state index in [0.717, 1.165) is 24.8 Å². The summed E-state index contributed by atoms with van der Waals surface area (Å²) in [6.07, 6.45) is 2.21. The quantitative estimate of drug-likeness (QED) is 0.178. The molecule has 0 atom stereocenters. The summed E-state index contributed by atoms with van der Waals surface area (Å²) in [5.74, 6) is -0.330. The Morgan fingerprint density at radius 1 is 0.750 bits per heavy atom. The van der Waals surface area contributed by atoms with Crippen molar-refractivity contribution in [1.82, 2.24) is 4.90 Å². The monoisotopic (exact) mass is 534 g/mol. The second-order valence-corrected chi connectivity index (χ2v) is 9.74. The first-order valence-corrected chi connectivity index (χ1v) is 13.5.